The van der Waals surface area contributed by atoms with Crippen molar-refractivity contribution < 1.29 is 73.4 Å². The summed E-state index contributed by atoms with van der Waals surface area (Å²) in [5.41, 5.74) is -2.29. The molecule has 1 saturated heterocycles. The van der Waals surface area contributed by atoms with Crippen LogP contribution in [0.5, 0.6) is 0 Å². The third-order valence-corrected chi connectivity index (χ3v) is 9.02. The fourth-order valence-electron chi connectivity index (χ4n) is 5.59. The summed E-state index contributed by atoms with van der Waals surface area (Å²) in [6.07, 6.45) is -4.76. The number of likely N-dealkylation sites (tertiary alicyclic amines) is 1. The van der Waals surface area contributed by atoms with Crippen molar-refractivity contribution in [2.75, 3.05) is 21.1 Å². The maximum absolute atomic E-state index is 14.0. The van der Waals surface area contributed by atoms with E-state index < -0.39 is 107 Å². The van der Waals surface area contributed by atoms with Crippen molar-refractivity contribution >= 4 is 35.4 Å². The number of esters is 2. The van der Waals surface area contributed by atoms with Crippen molar-refractivity contribution in [3.05, 3.63) is 23.4 Å². The minimum atomic E-state index is -1.79. The third kappa shape index (κ3) is 10.3. The first-order chi connectivity index (χ1) is 22.6. The molecule has 8 unspecified atom stereocenters. The molecule has 0 bridgehead atoms. The first-order valence-electron chi connectivity index (χ1n) is 16.2. The largest absolute Gasteiger partial charge is 2.00 e. The zero-order valence-corrected chi connectivity index (χ0v) is 33.9. The molecule has 0 saturated carbocycles. The van der Waals surface area contributed by atoms with Gasteiger partial charge in [-0.1, -0.05) is 13.8 Å². The van der Waals surface area contributed by atoms with Gasteiger partial charge in [0.1, 0.15) is 40.7 Å². The zero-order chi connectivity index (χ0) is 37.7. The Morgan fingerprint density at radius 2 is 1.70 bits per heavy atom. The van der Waals surface area contributed by atoms with E-state index >= 15 is 0 Å². The van der Waals surface area contributed by atoms with Gasteiger partial charge in [-0.15, -0.1) is 0 Å². The molecule has 17 heteroatoms. The number of ketones is 1. The molecule has 0 aromatic heterocycles. The summed E-state index contributed by atoms with van der Waals surface area (Å²) < 4.78 is 11.4. The molecule has 6 N–H and O–H groups in total. The Hall–Kier alpha value is -3.56. The van der Waals surface area contributed by atoms with Crippen LogP contribution < -0.4 is 10.6 Å². The standard InChI is InChI=1S/C33H53N5O11.Zn/c1-15(2)27(26(44)23-25(43)17(4)38(11)31(23)46)49-32(47)33(7,8)28(48-19(6)40)22(13-20(41)12-21(42)14-39)35-30(45)24-16(3)34-29(36-24)18(5)37(9)10;/h14-18,20,22,24,27-28,39,41-42,44H,12-13H2,1-11H3,(H,34,36)(H,35,45);/q;+2/b21-14-,26-23-;. The van der Waals surface area contributed by atoms with E-state index in [-0.39, 0.29) is 31.9 Å². The first kappa shape index (κ1) is 44.5. The van der Waals surface area contributed by atoms with Gasteiger partial charge in [0.25, 0.3) is 5.91 Å². The minimum absolute atomic E-state index is 0. The van der Waals surface area contributed by atoms with Gasteiger partial charge in [0, 0.05) is 20.4 Å². The normalized spacial score (nSPS) is 23.7. The monoisotopic (exact) mass is 759 g/mol. The van der Waals surface area contributed by atoms with Crippen LogP contribution in [0.15, 0.2) is 28.3 Å². The Morgan fingerprint density at radius 3 is 2.16 bits per heavy atom. The molecule has 2 aliphatic heterocycles. The Labute approximate surface area is 306 Å². The van der Waals surface area contributed by atoms with Crippen molar-refractivity contribution in [3.8, 4) is 0 Å². The summed E-state index contributed by atoms with van der Waals surface area (Å²) in [6.45, 7) is 12.2. The van der Waals surface area contributed by atoms with E-state index in [1.807, 2.05) is 25.9 Å². The van der Waals surface area contributed by atoms with Crippen LogP contribution in [-0.2, 0) is 52.9 Å². The second-order valence-electron chi connectivity index (χ2n) is 13.9. The van der Waals surface area contributed by atoms with Crippen molar-refractivity contribution in [1.82, 2.24) is 20.4 Å². The number of nitrogens with one attached hydrogen (secondary N) is 2. The summed E-state index contributed by atoms with van der Waals surface area (Å²) in [6, 6.07) is -3.65. The number of ether oxygens (including phenoxy) is 2. The first-order valence-corrected chi connectivity index (χ1v) is 16.2. The van der Waals surface area contributed by atoms with Crippen molar-refractivity contribution in [2.45, 2.75) is 117 Å². The Morgan fingerprint density at radius 1 is 1.12 bits per heavy atom. The van der Waals surface area contributed by atoms with Crippen LogP contribution in [0.2, 0.25) is 0 Å². The van der Waals surface area contributed by atoms with Gasteiger partial charge in [-0.2, -0.15) is 0 Å². The average Bonchev–Trinajstić information content (AvgIpc) is 3.49. The van der Waals surface area contributed by atoms with Gasteiger partial charge in [-0.25, -0.2) is 0 Å². The predicted molar refractivity (Wildman–Crippen MR) is 178 cm³/mol. The smallest absolute Gasteiger partial charge is 0.512 e. The fourth-order valence-corrected chi connectivity index (χ4v) is 5.59. The molecule has 1 fully saturated rings. The second kappa shape index (κ2) is 18.1. The van der Waals surface area contributed by atoms with Gasteiger partial charge in [0.15, 0.2) is 17.9 Å². The molecule has 0 radical (unpaired) electrons. The summed E-state index contributed by atoms with van der Waals surface area (Å²) in [7, 11) is 5.12. The average molecular weight is 761 g/mol. The number of aliphatic hydroxyl groups excluding tert-OH is 4. The Balaban J connectivity index is 0.0000125. The molecule has 2 rings (SSSR count). The number of aliphatic imine (C=N–C) groups is 1. The van der Waals surface area contributed by atoms with Gasteiger partial charge in [0.2, 0.25) is 5.91 Å². The van der Waals surface area contributed by atoms with Crippen LogP contribution in [0.25, 0.3) is 0 Å². The molecule has 0 aromatic carbocycles. The molecular formula is C33H53N5O11Zn+2. The maximum Gasteiger partial charge on any atom is 2.00 e. The SMILES string of the molecule is CC(=O)OC(C(CC(O)C/C(O)=C/O)NC(=O)C1N=C(C(C)N(C)C)NC1C)C(C)(C)C(=O)OC(/C(O)=C1\C(=O)C(C)N(C)C1=O)C(C)C.[Zn+2]. The number of hydrogen-bond acceptors (Lipinski definition) is 14. The summed E-state index contributed by atoms with van der Waals surface area (Å²) in [5, 5.41) is 47.0. The van der Waals surface area contributed by atoms with Gasteiger partial charge >= 0.3 is 31.4 Å². The van der Waals surface area contributed by atoms with Gasteiger partial charge in [0.05, 0.1) is 30.3 Å². The number of carbonyl (C=O) groups is 5. The van der Waals surface area contributed by atoms with Crippen molar-refractivity contribution in [3.63, 3.8) is 0 Å². The summed E-state index contributed by atoms with van der Waals surface area (Å²) >= 11 is 0. The van der Waals surface area contributed by atoms with Crippen LogP contribution in [0, 0.1) is 11.3 Å². The number of hydrogen-bond donors (Lipinski definition) is 6. The molecule has 8 atom stereocenters. The quantitative estimate of drug-likeness (QED) is 0.0452. The number of likely N-dealkylation sites (N-methyl/N-ethyl adjacent to an activating group) is 2. The maximum atomic E-state index is 14.0. The summed E-state index contributed by atoms with van der Waals surface area (Å²) in [5.74, 6) is -5.16. The van der Waals surface area contributed by atoms with Crippen LogP contribution >= 0.6 is 0 Å². The molecule has 0 aromatic rings. The topological polar surface area (TPSA) is 228 Å². The molecule has 2 aliphatic rings. The molecule has 0 aliphatic carbocycles. The predicted octanol–water partition coefficient (Wildman–Crippen LogP) is 1.04. The van der Waals surface area contributed by atoms with E-state index in [0.717, 1.165) is 11.8 Å². The van der Waals surface area contributed by atoms with Crippen LogP contribution in [0.3, 0.4) is 0 Å². The fraction of sp³-hybridized carbons (Fsp3) is 0.697. The van der Waals surface area contributed by atoms with E-state index in [1.165, 1.54) is 27.8 Å². The Kier molecular flexibility index (Phi) is 16.1. The van der Waals surface area contributed by atoms with Gasteiger partial charge in [-0.05, 0) is 61.1 Å². The number of nitrogens with zero attached hydrogens (tertiary/aromatic N) is 3. The molecule has 50 heavy (non-hydrogen) atoms. The number of Topliss-reactive ketones (excluding diaryl/α,β-unsaturated/α-hetero) is 1. The molecule has 276 valence electrons. The van der Waals surface area contributed by atoms with E-state index in [1.54, 1.807) is 20.8 Å². The minimum Gasteiger partial charge on any atom is -0.512 e. The molecule has 2 amide bonds. The third-order valence-electron chi connectivity index (χ3n) is 9.02. The molecular weight excluding hydrogens is 708 g/mol. The van der Waals surface area contributed by atoms with Gasteiger partial charge in [-0.3, -0.25) is 33.9 Å². The number of amides is 2. The van der Waals surface area contributed by atoms with Crippen LogP contribution in [0.1, 0.15) is 68.2 Å². The number of amidine groups is 1. The van der Waals surface area contributed by atoms with E-state index in [9.17, 15) is 44.4 Å². The number of carbonyl (C=O) groups excluding carboxylic acids is 5. The molecule has 2 heterocycles. The van der Waals surface area contributed by atoms with Crippen LogP contribution in [-0.4, -0.2) is 135 Å². The second-order valence-corrected chi connectivity index (χ2v) is 13.9. The van der Waals surface area contributed by atoms with E-state index in [2.05, 4.69) is 15.6 Å². The number of rotatable bonds is 15. The van der Waals surface area contributed by atoms with Crippen molar-refractivity contribution in [2.24, 2.45) is 16.3 Å². The van der Waals surface area contributed by atoms with E-state index in [4.69, 9.17) is 9.47 Å². The Bertz CT molecular complexity index is 1360. The van der Waals surface area contributed by atoms with E-state index in [0.29, 0.717) is 12.1 Å². The van der Waals surface area contributed by atoms with Gasteiger partial charge < -0.3 is 45.4 Å². The number of aliphatic hydroxyl groups is 4. The van der Waals surface area contributed by atoms with Crippen LogP contribution in [0.4, 0.5) is 0 Å². The molecule has 0 spiro atoms. The molecule has 16 nitrogen and oxygen atoms in total. The summed E-state index contributed by atoms with van der Waals surface area (Å²) in [4.78, 5) is 73.4. The van der Waals surface area contributed by atoms with Crippen molar-refractivity contribution in [1.29, 1.82) is 0 Å². The zero-order valence-electron chi connectivity index (χ0n) is 30.9.